The molecule has 1 heterocycles. The van der Waals surface area contributed by atoms with Crippen LogP contribution in [-0.2, 0) is 17.7 Å². The number of amides is 1. The summed E-state index contributed by atoms with van der Waals surface area (Å²) in [5, 5.41) is 2.70. The molecule has 0 saturated heterocycles. The van der Waals surface area contributed by atoms with Crippen LogP contribution in [-0.4, -0.2) is 18.3 Å². The Labute approximate surface area is 153 Å². The second kappa shape index (κ2) is 7.15. The van der Waals surface area contributed by atoms with Gasteiger partial charge in [0.15, 0.2) is 0 Å². The Morgan fingerprint density at radius 2 is 1.92 bits per heavy atom. The third kappa shape index (κ3) is 4.59. The molecule has 1 amide bonds. The van der Waals surface area contributed by atoms with Crippen LogP contribution in [0.4, 0.5) is 10.5 Å². The number of rotatable bonds is 4. The van der Waals surface area contributed by atoms with Crippen LogP contribution in [0.15, 0.2) is 36.4 Å². The van der Waals surface area contributed by atoms with Gasteiger partial charge in [0.1, 0.15) is 22.8 Å². The zero-order valence-electron chi connectivity index (χ0n) is 15.3. The molecule has 0 bridgehead atoms. The lowest BCUT2D eigenvalue weighted by molar-refractivity contribution is 0.0523. The van der Waals surface area contributed by atoms with E-state index in [1.165, 1.54) is 5.56 Å². The quantitative estimate of drug-likeness (QED) is 0.809. The van der Waals surface area contributed by atoms with Crippen molar-refractivity contribution in [2.45, 2.75) is 39.3 Å². The second-order valence-electron chi connectivity index (χ2n) is 7.19. The SMILES string of the molecule is CC(C)(C)OC(=O)NCc1cc(Oc2ccc3c(c2)OCC3)ccc1N. The van der Waals surface area contributed by atoms with Crippen molar-refractivity contribution in [2.24, 2.45) is 0 Å². The van der Waals surface area contributed by atoms with E-state index in [2.05, 4.69) is 5.32 Å². The smallest absolute Gasteiger partial charge is 0.407 e. The molecule has 0 fully saturated rings. The second-order valence-corrected chi connectivity index (χ2v) is 7.19. The van der Waals surface area contributed by atoms with Crippen LogP contribution < -0.4 is 20.5 Å². The lowest BCUT2D eigenvalue weighted by Gasteiger charge is -2.20. The minimum absolute atomic E-state index is 0.255. The molecular formula is C20H24N2O4. The van der Waals surface area contributed by atoms with Gasteiger partial charge in [0, 0.05) is 24.7 Å². The molecule has 2 aromatic rings. The molecular weight excluding hydrogens is 332 g/mol. The summed E-state index contributed by atoms with van der Waals surface area (Å²) in [5.41, 5.74) is 7.98. The molecule has 1 aliphatic rings. The van der Waals surface area contributed by atoms with E-state index in [0.717, 1.165) is 17.7 Å². The summed E-state index contributed by atoms with van der Waals surface area (Å²) in [6.45, 7) is 6.41. The van der Waals surface area contributed by atoms with Crippen LogP contribution in [0, 0.1) is 0 Å². The van der Waals surface area contributed by atoms with Gasteiger partial charge in [-0.15, -0.1) is 0 Å². The van der Waals surface area contributed by atoms with Gasteiger partial charge >= 0.3 is 6.09 Å². The number of ether oxygens (including phenoxy) is 3. The largest absolute Gasteiger partial charge is 0.493 e. The van der Waals surface area contributed by atoms with Crippen molar-refractivity contribution in [1.29, 1.82) is 0 Å². The average Bonchev–Trinajstić information content (AvgIpc) is 3.01. The third-order valence-electron chi connectivity index (χ3n) is 3.84. The number of nitrogen functional groups attached to an aromatic ring is 1. The summed E-state index contributed by atoms with van der Waals surface area (Å²) < 4.78 is 16.7. The molecule has 6 nitrogen and oxygen atoms in total. The maximum Gasteiger partial charge on any atom is 0.407 e. The number of fused-ring (bicyclic) bond motifs is 1. The van der Waals surface area contributed by atoms with Crippen LogP contribution in [0.2, 0.25) is 0 Å². The minimum atomic E-state index is -0.545. The van der Waals surface area contributed by atoms with E-state index < -0.39 is 11.7 Å². The minimum Gasteiger partial charge on any atom is -0.493 e. The highest BCUT2D eigenvalue weighted by Crippen LogP contribution is 2.32. The molecule has 0 radical (unpaired) electrons. The molecule has 1 aliphatic heterocycles. The average molecular weight is 356 g/mol. The van der Waals surface area contributed by atoms with Gasteiger partial charge < -0.3 is 25.3 Å². The van der Waals surface area contributed by atoms with E-state index in [-0.39, 0.29) is 6.54 Å². The van der Waals surface area contributed by atoms with Crippen molar-refractivity contribution >= 4 is 11.8 Å². The topological polar surface area (TPSA) is 82.8 Å². The number of carbonyl (C=O) groups excluding carboxylic acids is 1. The van der Waals surface area contributed by atoms with Gasteiger partial charge in [-0.05, 0) is 56.2 Å². The molecule has 0 aromatic heterocycles. The first-order valence-electron chi connectivity index (χ1n) is 8.59. The van der Waals surface area contributed by atoms with E-state index in [0.29, 0.717) is 23.8 Å². The zero-order chi connectivity index (χ0) is 18.7. The third-order valence-corrected chi connectivity index (χ3v) is 3.84. The summed E-state index contributed by atoms with van der Waals surface area (Å²) in [4.78, 5) is 11.8. The number of hydrogen-bond acceptors (Lipinski definition) is 5. The Kier molecular flexibility index (Phi) is 4.93. The van der Waals surface area contributed by atoms with Crippen LogP contribution in [0.1, 0.15) is 31.9 Å². The summed E-state index contributed by atoms with van der Waals surface area (Å²) in [6.07, 6.45) is 0.441. The molecule has 0 unspecified atom stereocenters. The molecule has 0 saturated carbocycles. The van der Waals surface area contributed by atoms with Gasteiger partial charge in [-0.3, -0.25) is 0 Å². The Hall–Kier alpha value is -2.89. The van der Waals surface area contributed by atoms with Crippen LogP contribution >= 0.6 is 0 Å². The fourth-order valence-electron chi connectivity index (χ4n) is 2.63. The van der Waals surface area contributed by atoms with Crippen LogP contribution in [0.3, 0.4) is 0 Å². The Morgan fingerprint density at radius 3 is 2.69 bits per heavy atom. The molecule has 3 rings (SSSR count). The highest BCUT2D eigenvalue weighted by molar-refractivity contribution is 5.68. The fourth-order valence-corrected chi connectivity index (χ4v) is 2.63. The molecule has 26 heavy (non-hydrogen) atoms. The molecule has 2 aromatic carbocycles. The molecule has 6 heteroatoms. The first-order valence-corrected chi connectivity index (χ1v) is 8.59. The molecule has 0 spiro atoms. The van der Waals surface area contributed by atoms with Crippen molar-refractivity contribution in [3.8, 4) is 17.2 Å². The summed E-state index contributed by atoms with van der Waals surface area (Å²) in [6, 6.07) is 11.2. The van der Waals surface area contributed by atoms with Gasteiger partial charge in [0.25, 0.3) is 0 Å². The first kappa shape index (κ1) is 17.9. The lowest BCUT2D eigenvalue weighted by Crippen LogP contribution is -2.32. The number of anilines is 1. The highest BCUT2D eigenvalue weighted by Gasteiger charge is 2.16. The predicted octanol–water partition coefficient (Wildman–Crippen LogP) is 4.02. The van der Waals surface area contributed by atoms with Gasteiger partial charge in [0.05, 0.1) is 6.61 Å². The maximum absolute atomic E-state index is 11.8. The number of alkyl carbamates (subject to hydrolysis) is 1. The molecule has 0 aliphatic carbocycles. The predicted molar refractivity (Wildman–Crippen MR) is 99.6 cm³/mol. The molecule has 138 valence electrons. The van der Waals surface area contributed by atoms with Gasteiger partial charge in [-0.25, -0.2) is 4.79 Å². The van der Waals surface area contributed by atoms with Crippen LogP contribution in [0.5, 0.6) is 17.2 Å². The number of hydrogen-bond donors (Lipinski definition) is 2. The number of nitrogens with two attached hydrogens (primary N) is 1. The normalized spacial score (nSPS) is 12.9. The lowest BCUT2D eigenvalue weighted by atomic mass is 10.1. The van der Waals surface area contributed by atoms with Crippen molar-refractivity contribution in [1.82, 2.24) is 5.32 Å². The summed E-state index contributed by atoms with van der Waals surface area (Å²) in [5.74, 6) is 2.20. The maximum atomic E-state index is 11.8. The monoisotopic (exact) mass is 356 g/mol. The van der Waals surface area contributed by atoms with Crippen molar-refractivity contribution < 1.29 is 19.0 Å². The number of carbonyl (C=O) groups is 1. The fraction of sp³-hybridized carbons (Fsp3) is 0.350. The summed E-state index contributed by atoms with van der Waals surface area (Å²) in [7, 11) is 0. The molecule has 3 N–H and O–H groups in total. The van der Waals surface area contributed by atoms with Gasteiger partial charge in [0.2, 0.25) is 0 Å². The van der Waals surface area contributed by atoms with Crippen molar-refractivity contribution in [2.75, 3.05) is 12.3 Å². The standard InChI is InChI=1S/C20H24N2O4/c1-20(2,3)26-19(23)22-12-14-10-15(6-7-17(14)21)25-16-5-4-13-8-9-24-18(13)11-16/h4-7,10-11H,8-9,12,21H2,1-3H3,(H,22,23). The van der Waals surface area contributed by atoms with E-state index in [1.54, 1.807) is 18.2 Å². The van der Waals surface area contributed by atoms with Gasteiger partial charge in [-0.2, -0.15) is 0 Å². The Bertz CT molecular complexity index is 812. The number of nitrogens with one attached hydrogen (secondary N) is 1. The van der Waals surface area contributed by atoms with E-state index >= 15 is 0 Å². The van der Waals surface area contributed by atoms with Gasteiger partial charge in [-0.1, -0.05) is 6.07 Å². The first-order chi connectivity index (χ1) is 12.3. The summed E-state index contributed by atoms with van der Waals surface area (Å²) >= 11 is 0. The highest BCUT2D eigenvalue weighted by atomic mass is 16.6. The van der Waals surface area contributed by atoms with E-state index in [1.807, 2.05) is 39.0 Å². The van der Waals surface area contributed by atoms with Crippen molar-refractivity contribution in [3.63, 3.8) is 0 Å². The Balaban J connectivity index is 1.66. The zero-order valence-corrected chi connectivity index (χ0v) is 15.3. The van der Waals surface area contributed by atoms with E-state index in [9.17, 15) is 4.79 Å². The van der Waals surface area contributed by atoms with E-state index in [4.69, 9.17) is 19.9 Å². The van der Waals surface area contributed by atoms with Crippen molar-refractivity contribution in [3.05, 3.63) is 47.5 Å². The molecule has 0 atom stereocenters. The number of benzene rings is 2. The van der Waals surface area contributed by atoms with Crippen LogP contribution in [0.25, 0.3) is 0 Å². The Morgan fingerprint density at radius 1 is 1.19 bits per heavy atom.